The summed E-state index contributed by atoms with van der Waals surface area (Å²) in [5, 5.41) is 9.37. The molecule has 0 aromatic rings. The summed E-state index contributed by atoms with van der Waals surface area (Å²) in [5.74, 6) is -1.19. The first-order valence-corrected chi connectivity index (χ1v) is 2.16. The van der Waals surface area contributed by atoms with Crippen LogP contribution in [-0.4, -0.2) is 33.3 Å². The maximum atomic E-state index is 9.37. The average Bonchev–Trinajstić information content (AvgIpc) is 1.35. The molecule has 0 N–H and O–H groups in total. The van der Waals surface area contributed by atoms with Crippen LogP contribution in [0.5, 0.6) is 0 Å². The number of carbonyl (C=O) groups excluding carboxylic acids is 1. The Bertz CT molecular complexity index is 81.0. The zero-order valence-corrected chi connectivity index (χ0v) is 9.50. The predicted molar refractivity (Wildman–Crippen MR) is 28.8 cm³/mol. The Kier molecular flexibility index (Phi) is 9.98. The van der Waals surface area contributed by atoms with Crippen LogP contribution in [0, 0.1) is 0 Å². The molecule has 0 unspecified atom stereocenters. The third-order valence-electron chi connectivity index (χ3n) is 0.199. The van der Waals surface area contributed by atoms with Crippen LogP contribution < -0.4 is 5.11 Å². The van der Waals surface area contributed by atoms with Crippen LogP contribution in [-0.2, 0) is 4.79 Å². The molecule has 0 aliphatic rings. The third-order valence-corrected chi connectivity index (χ3v) is 0.463. The summed E-state index contributed by atoms with van der Waals surface area (Å²) in [5.41, 5.74) is 0. The minimum Gasteiger partial charge on any atom is -0.545 e. The fourth-order valence-corrected chi connectivity index (χ4v) is 0.267. The van der Waals surface area contributed by atoms with Gasteiger partial charge in [-0.1, -0.05) is 15.9 Å². The molecule has 0 saturated heterocycles. The fourth-order valence-electron chi connectivity index (χ4n) is 0.0514. The molecule has 7 heavy (non-hydrogen) atoms. The van der Waals surface area contributed by atoms with E-state index in [2.05, 4.69) is 15.9 Å². The predicted octanol–water partition coefficient (Wildman–Crippen LogP) is -0.736. The van der Waals surface area contributed by atoms with Gasteiger partial charge >= 0.3 is 27.3 Å². The van der Waals surface area contributed by atoms with Crippen molar-refractivity contribution in [3.63, 3.8) is 0 Å². The van der Waals surface area contributed by atoms with Gasteiger partial charge in [-0.25, -0.2) is 0 Å². The topological polar surface area (TPSA) is 40.1 Å². The van der Waals surface area contributed by atoms with Gasteiger partial charge in [0.25, 0.3) is 0 Å². The fraction of sp³-hybridized carbons (Fsp3) is 0. The van der Waals surface area contributed by atoms with Gasteiger partial charge in [-0.05, 0) is 11.1 Å². The Morgan fingerprint density at radius 2 is 2.14 bits per heavy atom. The van der Waals surface area contributed by atoms with Crippen molar-refractivity contribution < 1.29 is 9.90 Å². The number of halogens is 1. The van der Waals surface area contributed by atoms with Crippen molar-refractivity contribution >= 4 is 49.2 Å². The standard InChI is InChI=1S/C3H3BrO2.Tl/c4-2-1-3(5)6;/h1-2H,(H,5,6);/q;+1/p-1. The molecule has 0 aromatic carbocycles. The summed E-state index contributed by atoms with van der Waals surface area (Å²) < 4.78 is 0. The number of hydrogen-bond donors (Lipinski definition) is 0. The van der Waals surface area contributed by atoms with Crippen LogP contribution in [0.15, 0.2) is 11.1 Å². The maximum Gasteiger partial charge on any atom is 1.00 e. The smallest absolute Gasteiger partial charge is 0.545 e. The van der Waals surface area contributed by atoms with Crippen LogP contribution in [0.4, 0.5) is 0 Å². The summed E-state index contributed by atoms with van der Waals surface area (Å²) in [6.45, 7) is 0. The molecular formula is C3H2BrO2Tl. The first-order valence-electron chi connectivity index (χ1n) is 1.25. The number of hydrogen-bond acceptors (Lipinski definition) is 2. The van der Waals surface area contributed by atoms with Gasteiger partial charge < -0.3 is 9.90 Å². The normalized spacial score (nSPS) is 8.14. The van der Waals surface area contributed by atoms with E-state index < -0.39 is 5.97 Å². The maximum absolute atomic E-state index is 9.37. The molecular weight excluding hydrogens is 352 g/mol. The Morgan fingerprint density at radius 1 is 1.71 bits per heavy atom. The largest absolute Gasteiger partial charge is 1.00 e. The molecule has 0 fully saturated rings. The van der Waals surface area contributed by atoms with Gasteiger partial charge in [0.15, 0.2) is 0 Å². The number of carbonyl (C=O) groups is 1. The molecule has 2 nitrogen and oxygen atoms in total. The third kappa shape index (κ3) is 10.8. The first-order chi connectivity index (χ1) is 2.77. The van der Waals surface area contributed by atoms with Gasteiger partial charge in [-0.3, -0.25) is 0 Å². The van der Waals surface area contributed by atoms with Crippen molar-refractivity contribution in [3.8, 4) is 0 Å². The first kappa shape index (κ1) is 10.6. The number of carboxylic acid groups (broad SMARTS) is 1. The molecule has 4 heteroatoms. The molecule has 0 heterocycles. The van der Waals surface area contributed by atoms with E-state index in [9.17, 15) is 9.90 Å². The van der Waals surface area contributed by atoms with Crippen molar-refractivity contribution in [2.75, 3.05) is 0 Å². The average molecular weight is 354 g/mol. The molecule has 0 atom stereocenters. The number of carboxylic acids is 1. The van der Waals surface area contributed by atoms with Crippen LogP contribution >= 0.6 is 15.9 Å². The second kappa shape index (κ2) is 6.61. The van der Waals surface area contributed by atoms with Crippen LogP contribution in [0.25, 0.3) is 0 Å². The monoisotopic (exact) mass is 354 g/mol. The second-order valence-corrected chi connectivity index (χ2v) is 1.14. The quantitative estimate of drug-likeness (QED) is 0.460. The van der Waals surface area contributed by atoms with E-state index in [-0.39, 0.29) is 27.3 Å². The van der Waals surface area contributed by atoms with Gasteiger partial charge in [-0.2, -0.15) is 0 Å². The van der Waals surface area contributed by atoms with Crippen LogP contribution in [0.3, 0.4) is 0 Å². The molecule has 0 aliphatic carbocycles. The van der Waals surface area contributed by atoms with Crippen molar-refractivity contribution in [1.29, 1.82) is 0 Å². The molecule has 0 rings (SSSR count). The summed E-state index contributed by atoms with van der Waals surface area (Å²) in [7, 11) is 0. The van der Waals surface area contributed by atoms with E-state index in [0.29, 0.717) is 0 Å². The van der Waals surface area contributed by atoms with Crippen molar-refractivity contribution in [2.24, 2.45) is 0 Å². The Hall–Kier alpha value is 0.612. The Morgan fingerprint density at radius 3 is 2.14 bits per heavy atom. The van der Waals surface area contributed by atoms with Crippen molar-refractivity contribution in [1.82, 2.24) is 0 Å². The molecule has 0 bridgehead atoms. The minimum absolute atomic E-state index is 0. The number of aliphatic carboxylic acids is 1. The van der Waals surface area contributed by atoms with Gasteiger partial charge in [-0.15, -0.1) is 0 Å². The molecule has 0 amide bonds. The van der Waals surface area contributed by atoms with E-state index in [1.165, 1.54) is 4.99 Å². The van der Waals surface area contributed by atoms with E-state index in [0.717, 1.165) is 6.08 Å². The minimum atomic E-state index is -1.19. The van der Waals surface area contributed by atoms with Gasteiger partial charge in [0.1, 0.15) is 0 Å². The summed E-state index contributed by atoms with van der Waals surface area (Å²) in [4.78, 5) is 10.6. The van der Waals surface area contributed by atoms with E-state index in [1.54, 1.807) is 0 Å². The zero-order valence-electron chi connectivity index (χ0n) is 3.43. The van der Waals surface area contributed by atoms with E-state index >= 15 is 0 Å². The molecule has 0 spiro atoms. The van der Waals surface area contributed by atoms with E-state index in [4.69, 9.17) is 0 Å². The van der Waals surface area contributed by atoms with Crippen LogP contribution in [0.1, 0.15) is 0 Å². The molecule has 0 aliphatic heterocycles. The molecule has 0 radical (unpaired) electrons. The Balaban J connectivity index is 0. The van der Waals surface area contributed by atoms with Crippen molar-refractivity contribution in [2.45, 2.75) is 0 Å². The molecule has 0 saturated carbocycles. The van der Waals surface area contributed by atoms with E-state index in [1.807, 2.05) is 0 Å². The summed E-state index contributed by atoms with van der Waals surface area (Å²) >= 11 is 2.75. The van der Waals surface area contributed by atoms with Crippen LogP contribution in [0.2, 0.25) is 0 Å². The SMILES string of the molecule is O=C([O-])C=CBr.[Tl+]. The second-order valence-electron chi connectivity index (χ2n) is 0.612. The Labute approximate surface area is 69.9 Å². The molecule has 36 valence electrons. The van der Waals surface area contributed by atoms with Crippen molar-refractivity contribution in [3.05, 3.63) is 11.1 Å². The van der Waals surface area contributed by atoms with Gasteiger partial charge in [0.05, 0.1) is 5.97 Å². The number of rotatable bonds is 1. The molecule has 0 aromatic heterocycles. The summed E-state index contributed by atoms with van der Waals surface area (Å²) in [6, 6.07) is 0. The van der Waals surface area contributed by atoms with Gasteiger partial charge in [0, 0.05) is 0 Å². The van der Waals surface area contributed by atoms with Gasteiger partial charge in [0.2, 0.25) is 0 Å². The summed E-state index contributed by atoms with van der Waals surface area (Å²) in [6.07, 6.45) is 0.889. The zero-order chi connectivity index (χ0) is 4.99.